The Hall–Kier alpha value is -1.66. The molecule has 0 radical (unpaired) electrons. The molecule has 0 fully saturated rings. The first-order valence-corrected chi connectivity index (χ1v) is 11.5. The summed E-state index contributed by atoms with van der Waals surface area (Å²) in [6.45, 7) is 0.789. The fourth-order valence-electron chi connectivity index (χ4n) is 3.19. The van der Waals surface area contributed by atoms with E-state index in [2.05, 4.69) is 9.84 Å². The van der Waals surface area contributed by atoms with Crippen molar-refractivity contribution in [3.63, 3.8) is 0 Å². The Bertz CT molecular complexity index is 803. The summed E-state index contributed by atoms with van der Waals surface area (Å²) in [5.74, 6) is -1.07. The van der Waals surface area contributed by atoms with E-state index >= 15 is 0 Å². The number of rotatable bonds is 14. The van der Waals surface area contributed by atoms with E-state index in [0.29, 0.717) is 24.9 Å². The highest BCUT2D eigenvalue weighted by Crippen LogP contribution is 2.18. The summed E-state index contributed by atoms with van der Waals surface area (Å²) in [7, 11) is -2.92. The Balaban J connectivity index is 1.65. The van der Waals surface area contributed by atoms with E-state index in [-0.39, 0.29) is 24.5 Å². The molecule has 0 saturated heterocycles. The number of nitrogens with one attached hydrogen (secondary N) is 1. The molecule has 0 amide bonds. The molecular formula is C22H29F3NO3P. The van der Waals surface area contributed by atoms with Crippen molar-refractivity contribution in [2.45, 2.75) is 51.5 Å². The largest absolute Gasteiger partial charge is 0.326 e. The van der Waals surface area contributed by atoms with Crippen LogP contribution in [0, 0.1) is 17.5 Å². The molecule has 0 heterocycles. The SMILES string of the molecule is O=[PH](O)OCCCNCc1cc(F)c(CCCCCCc2ccc(F)cc2)cc1F. The van der Waals surface area contributed by atoms with Gasteiger partial charge in [0.15, 0.2) is 0 Å². The van der Waals surface area contributed by atoms with Crippen molar-refractivity contribution in [1.29, 1.82) is 0 Å². The minimum absolute atomic E-state index is 0.140. The first-order valence-electron chi connectivity index (χ1n) is 10.2. The van der Waals surface area contributed by atoms with Crippen LogP contribution in [0.2, 0.25) is 0 Å². The van der Waals surface area contributed by atoms with Crippen LogP contribution in [0.15, 0.2) is 36.4 Å². The van der Waals surface area contributed by atoms with Gasteiger partial charge in [-0.2, -0.15) is 0 Å². The molecule has 0 aliphatic rings. The topological polar surface area (TPSA) is 58.6 Å². The Morgan fingerprint density at radius 2 is 1.50 bits per heavy atom. The van der Waals surface area contributed by atoms with Gasteiger partial charge in [0, 0.05) is 12.1 Å². The third-order valence-corrected chi connectivity index (χ3v) is 5.28. The average molecular weight is 443 g/mol. The molecule has 0 saturated carbocycles. The highest BCUT2D eigenvalue weighted by Gasteiger charge is 2.10. The van der Waals surface area contributed by atoms with Gasteiger partial charge in [0.05, 0.1) is 6.61 Å². The van der Waals surface area contributed by atoms with E-state index in [1.165, 1.54) is 24.3 Å². The molecule has 2 rings (SSSR count). The Morgan fingerprint density at radius 3 is 2.20 bits per heavy atom. The lowest BCUT2D eigenvalue weighted by atomic mass is 10.0. The van der Waals surface area contributed by atoms with Crippen LogP contribution < -0.4 is 5.32 Å². The van der Waals surface area contributed by atoms with Gasteiger partial charge in [0.25, 0.3) is 0 Å². The number of aryl methyl sites for hydroxylation is 2. The molecule has 4 nitrogen and oxygen atoms in total. The molecule has 0 spiro atoms. The molecule has 2 aromatic rings. The maximum atomic E-state index is 14.3. The van der Waals surface area contributed by atoms with Crippen LogP contribution in [0.4, 0.5) is 13.2 Å². The second kappa shape index (κ2) is 13.6. The monoisotopic (exact) mass is 443 g/mol. The zero-order chi connectivity index (χ0) is 21.8. The molecule has 0 aliphatic carbocycles. The summed E-state index contributed by atoms with van der Waals surface area (Å²) in [6, 6.07) is 9.00. The smallest absolute Gasteiger partial charge is 0.316 e. The molecule has 2 N–H and O–H groups in total. The van der Waals surface area contributed by atoms with Crippen LogP contribution in [-0.4, -0.2) is 18.0 Å². The van der Waals surface area contributed by atoms with Crippen LogP contribution in [0.5, 0.6) is 0 Å². The van der Waals surface area contributed by atoms with Gasteiger partial charge in [0.1, 0.15) is 17.5 Å². The zero-order valence-electron chi connectivity index (χ0n) is 16.9. The van der Waals surface area contributed by atoms with Crippen LogP contribution in [0.3, 0.4) is 0 Å². The van der Waals surface area contributed by atoms with Crippen LogP contribution in [-0.2, 0) is 28.5 Å². The summed E-state index contributed by atoms with van der Waals surface area (Å²) in [4.78, 5) is 8.54. The van der Waals surface area contributed by atoms with E-state index in [1.807, 2.05) is 0 Å². The third-order valence-electron chi connectivity index (χ3n) is 4.83. The van der Waals surface area contributed by atoms with Crippen LogP contribution >= 0.6 is 8.25 Å². The van der Waals surface area contributed by atoms with Gasteiger partial charge in [-0.1, -0.05) is 25.0 Å². The predicted octanol–water partition coefficient (Wildman–Crippen LogP) is 5.33. The minimum Gasteiger partial charge on any atom is -0.326 e. The molecule has 2 aromatic carbocycles. The second-order valence-electron chi connectivity index (χ2n) is 7.22. The van der Waals surface area contributed by atoms with Gasteiger partial charge in [0.2, 0.25) is 0 Å². The molecule has 8 heteroatoms. The molecule has 0 aliphatic heterocycles. The van der Waals surface area contributed by atoms with E-state index in [1.54, 1.807) is 12.1 Å². The summed E-state index contributed by atoms with van der Waals surface area (Å²) < 4.78 is 56.3. The second-order valence-corrected chi connectivity index (χ2v) is 8.04. The molecule has 1 atom stereocenters. The first kappa shape index (κ1) is 24.6. The molecule has 0 bridgehead atoms. The zero-order valence-corrected chi connectivity index (χ0v) is 17.9. The highest BCUT2D eigenvalue weighted by atomic mass is 31.1. The van der Waals surface area contributed by atoms with E-state index in [0.717, 1.165) is 37.7 Å². The number of benzene rings is 2. The quantitative estimate of drug-likeness (QED) is 0.306. The van der Waals surface area contributed by atoms with E-state index in [4.69, 9.17) is 4.89 Å². The maximum Gasteiger partial charge on any atom is 0.316 e. The van der Waals surface area contributed by atoms with Crippen molar-refractivity contribution in [3.05, 3.63) is 70.5 Å². The molecule has 0 aromatic heterocycles. The van der Waals surface area contributed by atoms with Gasteiger partial charge in [-0.3, -0.25) is 4.57 Å². The van der Waals surface area contributed by atoms with E-state index in [9.17, 15) is 17.7 Å². The fourth-order valence-corrected chi connectivity index (χ4v) is 3.50. The van der Waals surface area contributed by atoms with Gasteiger partial charge in [-0.15, -0.1) is 0 Å². The maximum absolute atomic E-state index is 14.3. The van der Waals surface area contributed by atoms with Gasteiger partial charge in [-0.25, -0.2) is 13.2 Å². The minimum atomic E-state index is -2.92. The summed E-state index contributed by atoms with van der Waals surface area (Å²) in [5, 5.41) is 2.97. The van der Waals surface area contributed by atoms with Gasteiger partial charge >= 0.3 is 8.25 Å². The fraction of sp³-hybridized carbons (Fsp3) is 0.455. The summed E-state index contributed by atoms with van der Waals surface area (Å²) in [5.41, 5.74) is 1.74. The predicted molar refractivity (Wildman–Crippen MR) is 112 cm³/mol. The van der Waals surface area contributed by atoms with Gasteiger partial charge in [-0.05, 0) is 74.0 Å². The molecule has 166 valence electrons. The summed E-state index contributed by atoms with van der Waals surface area (Å²) >= 11 is 0. The van der Waals surface area contributed by atoms with Crippen molar-refractivity contribution < 1.29 is 27.2 Å². The van der Waals surface area contributed by atoms with Crippen LogP contribution in [0.1, 0.15) is 48.8 Å². The van der Waals surface area contributed by atoms with Crippen molar-refractivity contribution in [2.75, 3.05) is 13.2 Å². The van der Waals surface area contributed by atoms with Crippen LogP contribution in [0.25, 0.3) is 0 Å². The number of halogens is 3. The van der Waals surface area contributed by atoms with Crippen molar-refractivity contribution >= 4 is 8.25 Å². The van der Waals surface area contributed by atoms with Crippen molar-refractivity contribution in [1.82, 2.24) is 5.32 Å². The number of hydrogen-bond acceptors (Lipinski definition) is 3. The normalized spacial score (nSPS) is 12.3. The summed E-state index contributed by atoms with van der Waals surface area (Å²) in [6.07, 6.45) is 5.55. The van der Waals surface area contributed by atoms with E-state index < -0.39 is 19.9 Å². The van der Waals surface area contributed by atoms with Crippen molar-refractivity contribution in [2.24, 2.45) is 0 Å². The Labute approximate surface area is 176 Å². The first-order chi connectivity index (χ1) is 14.5. The van der Waals surface area contributed by atoms with Gasteiger partial charge < -0.3 is 14.7 Å². The highest BCUT2D eigenvalue weighted by molar-refractivity contribution is 7.32. The molecule has 1 unspecified atom stereocenters. The lowest BCUT2D eigenvalue weighted by Crippen LogP contribution is -2.17. The lowest BCUT2D eigenvalue weighted by molar-refractivity contribution is 0.276. The third kappa shape index (κ3) is 9.43. The Morgan fingerprint density at radius 1 is 0.867 bits per heavy atom. The Kier molecular flexibility index (Phi) is 11.2. The average Bonchev–Trinajstić information content (AvgIpc) is 2.71. The lowest BCUT2D eigenvalue weighted by Gasteiger charge is -2.10. The number of unbranched alkanes of at least 4 members (excludes halogenated alkanes) is 3. The standard InChI is InChI=1S/C22H29F3NO3P/c23-20-10-8-17(9-11-20)6-3-1-2-4-7-18-14-22(25)19(15-21(18)24)16-26-12-5-13-29-30(27)28/h8-11,14-15,26,30H,1-7,12-13,16H2,(H,27,28). The van der Waals surface area contributed by atoms with Crippen molar-refractivity contribution in [3.8, 4) is 0 Å². The number of hydrogen-bond donors (Lipinski definition) is 2. The molecule has 30 heavy (non-hydrogen) atoms. The molecular weight excluding hydrogens is 414 g/mol.